The predicted octanol–water partition coefficient (Wildman–Crippen LogP) is 5.39. The minimum atomic E-state index is -0.685. The summed E-state index contributed by atoms with van der Waals surface area (Å²) in [5.74, 6) is -0.226. The van der Waals surface area contributed by atoms with Gasteiger partial charge in [-0.2, -0.15) is 5.10 Å². The number of hydrogen-bond donors (Lipinski definition) is 0. The molecule has 2 bridgehead atoms. The first-order chi connectivity index (χ1) is 14.8. The van der Waals surface area contributed by atoms with Gasteiger partial charge in [-0.1, -0.05) is 26.8 Å². The molecule has 162 valence electrons. The highest BCUT2D eigenvalue weighted by atomic mass is 19.1. The van der Waals surface area contributed by atoms with Gasteiger partial charge in [0.1, 0.15) is 23.3 Å². The lowest BCUT2D eigenvalue weighted by Crippen LogP contribution is -2.39. The normalized spacial score (nSPS) is 24.4. The highest BCUT2D eigenvalue weighted by Crippen LogP contribution is 2.68. The van der Waals surface area contributed by atoms with Crippen molar-refractivity contribution in [2.45, 2.75) is 64.6 Å². The number of ether oxygens (including phenoxy) is 1. The maximum absolute atomic E-state index is 14.4. The van der Waals surface area contributed by atoms with E-state index in [1.165, 1.54) is 18.2 Å². The summed E-state index contributed by atoms with van der Waals surface area (Å²) in [6, 6.07) is 5.57. The fraction of sp³-hybridized carbons (Fsp3) is 0.478. The smallest absolute Gasteiger partial charge is 0.245 e. The molecule has 3 aromatic rings. The molecule has 0 N–H and O–H groups in total. The minimum Gasteiger partial charge on any atom is -0.423 e. The molecule has 2 aromatic heterocycles. The molecular formula is C23H24F2N4O2. The topological polar surface area (TPSA) is 73.9 Å². The third-order valence-electron chi connectivity index (χ3n) is 7.03. The van der Waals surface area contributed by atoms with Crippen molar-refractivity contribution < 1.29 is 17.9 Å². The van der Waals surface area contributed by atoms with E-state index in [2.05, 4.69) is 34.2 Å². The van der Waals surface area contributed by atoms with Crippen molar-refractivity contribution in [1.82, 2.24) is 20.4 Å². The van der Waals surface area contributed by atoms with Crippen LogP contribution in [0, 0.1) is 24.0 Å². The maximum atomic E-state index is 14.4. The van der Waals surface area contributed by atoms with Gasteiger partial charge in [-0.05, 0) is 48.9 Å². The Labute approximate surface area is 179 Å². The van der Waals surface area contributed by atoms with E-state index in [-0.39, 0.29) is 28.7 Å². The first-order valence-corrected chi connectivity index (χ1v) is 10.6. The Morgan fingerprint density at radius 1 is 1.16 bits per heavy atom. The molecule has 0 amide bonds. The van der Waals surface area contributed by atoms with Crippen molar-refractivity contribution in [3.8, 4) is 11.3 Å². The molecule has 1 fully saturated rings. The molecule has 1 unspecified atom stereocenters. The molecule has 3 atom stereocenters. The second-order valence-corrected chi connectivity index (χ2v) is 8.94. The van der Waals surface area contributed by atoms with Gasteiger partial charge < -0.3 is 9.15 Å². The average molecular weight is 426 g/mol. The quantitative estimate of drug-likeness (QED) is 0.544. The Morgan fingerprint density at radius 3 is 2.55 bits per heavy atom. The first kappa shape index (κ1) is 20.2. The number of benzene rings is 1. The third-order valence-corrected chi connectivity index (χ3v) is 7.03. The number of nitrogens with zero attached hydrogens (tertiary/aromatic N) is 4. The van der Waals surface area contributed by atoms with Crippen LogP contribution in [0.15, 0.2) is 28.7 Å². The zero-order chi connectivity index (χ0) is 22.0. The number of hydrogen-bond acceptors (Lipinski definition) is 6. The zero-order valence-corrected chi connectivity index (χ0v) is 17.9. The molecular weight excluding hydrogens is 402 g/mol. The standard InChI is InChI=1S/C23H24F2N4O2/c1-5-18(21-29-26-12(2)30-21)31-23-10-9-14(22(23,3)4)13-11-17(27-28-20(13)23)19-15(24)7-6-8-16(19)25/h6-8,11,14,18H,5,9-10H2,1-4H3/t14-,18?,23-/m0/s1. The van der Waals surface area contributed by atoms with E-state index in [1.807, 2.05) is 6.92 Å². The predicted molar refractivity (Wildman–Crippen MR) is 108 cm³/mol. The number of halogens is 2. The first-order valence-electron chi connectivity index (χ1n) is 10.6. The van der Waals surface area contributed by atoms with Crippen LogP contribution in [0.4, 0.5) is 8.78 Å². The van der Waals surface area contributed by atoms with E-state index >= 15 is 0 Å². The molecule has 31 heavy (non-hydrogen) atoms. The van der Waals surface area contributed by atoms with Gasteiger partial charge in [0.15, 0.2) is 0 Å². The summed E-state index contributed by atoms with van der Waals surface area (Å²) in [4.78, 5) is 0. The van der Waals surface area contributed by atoms with Crippen LogP contribution in [-0.4, -0.2) is 20.4 Å². The molecule has 0 radical (unpaired) electrons. The molecule has 6 nitrogen and oxygen atoms in total. The number of fused-ring (bicyclic) bond motifs is 5. The Kier molecular flexibility index (Phi) is 4.48. The van der Waals surface area contributed by atoms with Crippen LogP contribution in [0.25, 0.3) is 11.3 Å². The summed E-state index contributed by atoms with van der Waals surface area (Å²) in [5, 5.41) is 16.8. The molecule has 2 aliphatic carbocycles. The number of rotatable bonds is 5. The van der Waals surface area contributed by atoms with Gasteiger partial charge in [-0.3, -0.25) is 0 Å². The van der Waals surface area contributed by atoms with Gasteiger partial charge >= 0.3 is 0 Å². The van der Waals surface area contributed by atoms with E-state index in [9.17, 15) is 8.78 Å². The van der Waals surface area contributed by atoms with Crippen molar-refractivity contribution >= 4 is 0 Å². The van der Waals surface area contributed by atoms with Crippen molar-refractivity contribution in [2.24, 2.45) is 5.41 Å². The SMILES string of the molecule is CCC(O[C@@]12CC[C@@H](c3cc(-c4c(F)cccc4F)nnc31)C2(C)C)c1nnc(C)o1. The maximum Gasteiger partial charge on any atom is 0.245 e. The summed E-state index contributed by atoms with van der Waals surface area (Å²) >= 11 is 0. The lowest BCUT2D eigenvalue weighted by atomic mass is 9.77. The fourth-order valence-corrected chi connectivity index (χ4v) is 5.39. The van der Waals surface area contributed by atoms with Crippen LogP contribution >= 0.6 is 0 Å². The van der Waals surface area contributed by atoms with Crippen molar-refractivity contribution in [2.75, 3.05) is 0 Å². The van der Waals surface area contributed by atoms with Crippen LogP contribution in [0.3, 0.4) is 0 Å². The summed E-state index contributed by atoms with van der Waals surface area (Å²) in [6.07, 6.45) is 1.95. The Hall–Kier alpha value is -2.74. The van der Waals surface area contributed by atoms with Gasteiger partial charge in [0.05, 0.1) is 17.0 Å². The van der Waals surface area contributed by atoms with Crippen molar-refractivity contribution in [1.29, 1.82) is 0 Å². The molecule has 0 saturated heterocycles. The van der Waals surface area contributed by atoms with Crippen LogP contribution in [0.5, 0.6) is 0 Å². The number of aryl methyl sites for hydroxylation is 1. The summed E-state index contributed by atoms with van der Waals surface area (Å²) < 4.78 is 41.1. The molecule has 1 aromatic carbocycles. The Morgan fingerprint density at radius 2 is 1.90 bits per heavy atom. The minimum absolute atomic E-state index is 0.147. The Bertz CT molecular complexity index is 1140. The zero-order valence-electron chi connectivity index (χ0n) is 17.9. The summed E-state index contributed by atoms with van der Waals surface area (Å²) in [5.41, 5.74) is 0.770. The monoisotopic (exact) mass is 426 g/mol. The highest BCUT2D eigenvalue weighted by molar-refractivity contribution is 5.63. The van der Waals surface area contributed by atoms with Crippen molar-refractivity contribution in [3.05, 3.63) is 58.9 Å². The van der Waals surface area contributed by atoms with Crippen LogP contribution < -0.4 is 0 Å². The van der Waals surface area contributed by atoms with Crippen LogP contribution in [0.1, 0.15) is 75.1 Å². The molecule has 2 aliphatic rings. The van der Waals surface area contributed by atoms with Gasteiger partial charge in [0.25, 0.3) is 0 Å². The second-order valence-electron chi connectivity index (χ2n) is 8.94. The van der Waals surface area contributed by atoms with Crippen LogP contribution in [0.2, 0.25) is 0 Å². The lowest BCUT2D eigenvalue weighted by molar-refractivity contribution is -0.158. The third kappa shape index (κ3) is 2.77. The molecule has 0 aliphatic heterocycles. The lowest BCUT2D eigenvalue weighted by Gasteiger charge is -2.39. The molecule has 0 spiro atoms. The second kappa shape index (κ2) is 6.88. The number of aromatic nitrogens is 4. The van der Waals surface area contributed by atoms with Gasteiger partial charge in [0, 0.05) is 12.3 Å². The molecule has 8 heteroatoms. The molecule has 5 rings (SSSR count). The van der Waals surface area contributed by atoms with E-state index in [1.54, 1.807) is 13.0 Å². The Balaban J connectivity index is 1.60. The van der Waals surface area contributed by atoms with E-state index in [0.717, 1.165) is 24.1 Å². The average Bonchev–Trinajstić information content (AvgIpc) is 3.32. The molecule has 2 heterocycles. The molecule has 1 saturated carbocycles. The van der Waals surface area contributed by atoms with Gasteiger partial charge in [-0.25, -0.2) is 8.78 Å². The largest absolute Gasteiger partial charge is 0.423 e. The fourth-order valence-electron chi connectivity index (χ4n) is 5.39. The van der Waals surface area contributed by atoms with Crippen LogP contribution in [-0.2, 0) is 10.3 Å². The summed E-state index contributed by atoms with van der Waals surface area (Å²) in [6.45, 7) is 8.06. The van der Waals surface area contributed by atoms with Gasteiger partial charge in [-0.15, -0.1) is 15.3 Å². The van der Waals surface area contributed by atoms with E-state index in [4.69, 9.17) is 9.15 Å². The van der Waals surface area contributed by atoms with E-state index < -0.39 is 17.2 Å². The highest BCUT2D eigenvalue weighted by Gasteiger charge is 2.65. The summed E-state index contributed by atoms with van der Waals surface area (Å²) in [7, 11) is 0. The van der Waals surface area contributed by atoms with E-state index in [0.29, 0.717) is 18.2 Å². The van der Waals surface area contributed by atoms with Gasteiger partial charge in [0.2, 0.25) is 11.8 Å². The van der Waals surface area contributed by atoms with Crippen molar-refractivity contribution in [3.63, 3.8) is 0 Å².